The molecule has 0 aliphatic heterocycles. The topological polar surface area (TPSA) is 106 Å². The molecule has 4 aromatic carbocycles. The van der Waals surface area contributed by atoms with Crippen molar-refractivity contribution < 1.29 is 23.9 Å². The van der Waals surface area contributed by atoms with Crippen molar-refractivity contribution >= 4 is 46.9 Å². The molecule has 41 heavy (non-hydrogen) atoms. The standard InChI is InChI=1S/C32H29N3O5S/c1-39-26-15-11-22(12-16-26)19-29(35-31(37)23-7-4-3-5-8-23)32(38)34-25-9-6-10-28(20-25)41-21-30(36)33-24-13-17-27(40-2)18-14-24/h3-20H,21H2,1-2H3,(H,33,36)(H,34,38)(H,35,37)/b29-19+. The Labute approximate surface area is 242 Å². The first-order valence-electron chi connectivity index (χ1n) is 12.6. The van der Waals surface area contributed by atoms with Crippen LogP contribution in [0.2, 0.25) is 0 Å². The lowest BCUT2D eigenvalue weighted by molar-refractivity contribution is -0.114. The Balaban J connectivity index is 1.43. The molecule has 0 fully saturated rings. The van der Waals surface area contributed by atoms with Gasteiger partial charge >= 0.3 is 0 Å². The second-order valence-electron chi connectivity index (χ2n) is 8.70. The highest BCUT2D eigenvalue weighted by Crippen LogP contribution is 2.23. The van der Waals surface area contributed by atoms with E-state index in [4.69, 9.17) is 9.47 Å². The number of thioether (sulfide) groups is 1. The lowest BCUT2D eigenvalue weighted by Crippen LogP contribution is -2.30. The van der Waals surface area contributed by atoms with Crippen LogP contribution in [0.3, 0.4) is 0 Å². The third-order valence-corrected chi connectivity index (χ3v) is 6.79. The van der Waals surface area contributed by atoms with E-state index in [1.54, 1.807) is 111 Å². The van der Waals surface area contributed by atoms with Gasteiger partial charge in [0.25, 0.3) is 11.8 Å². The highest BCUT2D eigenvalue weighted by atomic mass is 32.2. The Hall–Kier alpha value is -5.02. The molecular weight excluding hydrogens is 538 g/mol. The second kappa shape index (κ2) is 14.4. The number of methoxy groups -OCH3 is 2. The van der Waals surface area contributed by atoms with E-state index in [9.17, 15) is 14.4 Å². The van der Waals surface area contributed by atoms with Crippen LogP contribution in [0.15, 0.2) is 114 Å². The molecule has 3 N–H and O–H groups in total. The Bertz CT molecular complexity index is 1520. The minimum Gasteiger partial charge on any atom is -0.497 e. The van der Waals surface area contributed by atoms with E-state index in [0.717, 1.165) is 4.90 Å². The molecule has 0 radical (unpaired) electrons. The molecule has 0 saturated carbocycles. The number of hydrogen-bond acceptors (Lipinski definition) is 6. The van der Waals surface area contributed by atoms with E-state index in [0.29, 0.717) is 34.0 Å². The van der Waals surface area contributed by atoms with Crippen LogP contribution in [0.1, 0.15) is 15.9 Å². The summed E-state index contributed by atoms with van der Waals surface area (Å²) in [7, 11) is 3.16. The third kappa shape index (κ3) is 8.74. The molecule has 4 rings (SSSR count). The second-order valence-corrected chi connectivity index (χ2v) is 9.75. The highest BCUT2D eigenvalue weighted by molar-refractivity contribution is 8.00. The van der Waals surface area contributed by atoms with Crippen molar-refractivity contribution in [2.45, 2.75) is 4.90 Å². The number of benzene rings is 4. The fourth-order valence-electron chi connectivity index (χ4n) is 3.69. The summed E-state index contributed by atoms with van der Waals surface area (Å²) in [6.45, 7) is 0. The van der Waals surface area contributed by atoms with Crippen LogP contribution in [0, 0.1) is 0 Å². The zero-order valence-electron chi connectivity index (χ0n) is 22.5. The minimum atomic E-state index is -0.496. The molecular formula is C32H29N3O5S. The van der Waals surface area contributed by atoms with Crippen LogP contribution in [-0.4, -0.2) is 37.7 Å². The fourth-order valence-corrected chi connectivity index (χ4v) is 4.45. The van der Waals surface area contributed by atoms with Crippen molar-refractivity contribution in [1.82, 2.24) is 5.32 Å². The first-order chi connectivity index (χ1) is 19.9. The van der Waals surface area contributed by atoms with Crippen LogP contribution in [0.5, 0.6) is 11.5 Å². The van der Waals surface area contributed by atoms with E-state index in [-0.39, 0.29) is 17.4 Å². The van der Waals surface area contributed by atoms with Gasteiger partial charge in [-0.15, -0.1) is 11.8 Å². The monoisotopic (exact) mass is 567 g/mol. The average Bonchev–Trinajstić information content (AvgIpc) is 3.01. The molecule has 0 saturated heterocycles. The van der Waals surface area contributed by atoms with Gasteiger partial charge in [0.15, 0.2) is 0 Å². The summed E-state index contributed by atoms with van der Waals surface area (Å²) in [5, 5.41) is 8.42. The van der Waals surface area contributed by atoms with Crippen LogP contribution >= 0.6 is 11.8 Å². The Morgan fingerprint density at radius 1 is 0.732 bits per heavy atom. The highest BCUT2D eigenvalue weighted by Gasteiger charge is 2.15. The Kier molecular flexibility index (Phi) is 10.2. The van der Waals surface area contributed by atoms with E-state index in [2.05, 4.69) is 16.0 Å². The summed E-state index contributed by atoms with van der Waals surface area (Å²) in [5.41, 5.74) is 2.39. The number of carbonyl (C=O) groups excluding carboxylic acids is 3. The number of rotatable bonds is 11. The van der Waals surface area contributed by atoms with Crippen LogP contribution in [-0.2, 0) is 9.59 Å². The van der Waals surface area contributed by atoms with E-state index in [1.165, 1.54) is 11.8 Å². The van der Waals surface area contributed by atoms with Crippen LogP contribution in [0.25, 0.3) is 6.08 Å². The van der Waals surface area contributed by atoms with Gasteiger partial charge in [0, 0.05) is 21.8 Å². The summed E-state index contributed by atoms with van der Waals surface area (Å²) in [4.78, 5) is 39.4. The van der Waals surface area contributed by atoms with Gasteiger partial charge in [0.1, 0.15) is 17.2 Å². The van der Waals surface area contributed by atoms with Gasteiger partial charge in [0.05, 0.1) is 20.0 Å². The Morgan fingerprint density at radius 3 is 2.05 bits per heavy atom. The number of anilines is 2. The van der Waals surface area contributed by atoms with Crippen molar-refractivity contribution in [2.24, 2.45) is 0 Å². The zero-order valence-corrected chi connectivity index (χ0v) is 23.4. The number of ether oxygens (including phenoxy) is 2. The number of carbonyl (C=O) groups is 3. The maximum absolute atomic E-state index is 13.3. The summed E-state index contributed by atoms with van der Waals surface area (Å²) in [5.74, 6) is 0.491. The number of amides is 3. The first-order valence-corrected chi connectivity index (χ1v) is 13.6. The Morgan fingerprint density at radius 2 is 1.39 bits per heavy atom. The normalized spacial score (nSPS) is 10.8. The molecule has 0 heterocycles. The van der Waals surface area contributed by atoms with Gasteiger partial charge in [0.2, 0.25) is 5.91 Å². The molecule has 8 nitrogen and oxygen atoms in total. The molecule has 0 atom stereocenters. The zero-order chi connectivity index (χ0) is 29.0. The third-order valence-electron chi connectivity index (χ3n) is 5.79. The molecule has 0 aromatic heterocycles. The molecule has 0 aliphatic carbocycles. The predicted molar refractivity (Wildman–Crippen MR) is 162 cm³/mol. The van der Waals surface area contributed by atoms with Crippen molar-refractivity contribution in [3.05, 3.63) is 120 Å². The molecule has 4 aromatic rings. The van der Waals surface area contributed by atoms with Gasteiger partial charge in [-0.3, -0.25) is 14.4 Å². The van der Waals surface area contributed by atoms with E-state index in [1.807, 2.05) is 12.1 Å². The molecule has 3 amide bonds. The van der Waals surface area contributed by atoms with E-state index >= 15 is 0 Å². The molecule has 0 bridgehead atoms. The molecule has 9 heteroatoms. The smallest absolute Gasteiger partial charge is 0.272 e. The minimum absolute atomic E-state index is 0.0703. The summed E-state index contributed by atoms with van der Waals surface area (Å²) >= 11 is 1.33. The van der Waals surface area contributed by atoms with Crippen molar-refractivity contribution in [3.63, 3.8) is 0 Å². The summed E-state index contributed by atoms with van der Waals surface area (Å²) < 4.78 is 10.3. The molecule has 0 unspecified atom stereocenters. The van der Waals surface area contributed by atoms with Gasteiger partial charge in [-0.1, -0.05) is 36.4 Å². The average molecular weight is 568 g/mol. The van der Waals surface area contributed by atoms with Crippen molar-refractivity contribution in [1.29, 1.82) is 0 Å². The summed E-state index contributed by atoms with van der Waals surface area (Å²) in [6.07, 6.45) is 1.59. The first kappa shape index (κ1) is 29.0. The van der Waals surface area contributed by atoms with E-state index < -0.39 is 11.8 Å². The van der Waals surface area contributed by atoms with Crippen molar-refractivity contribution in [2.75, 3.05) is 30.6 Å². The molecule has 208 valence electrons. The van der Waals surface area contributed by atoms with Crippen LogP contribution < -0.4 is 25.4 Å². The maximum Gasteiger partial charge on any atom is 0.272 e. The van der Waals surface area contributed by atoms with Crippen molar-refractivity contribution in [3.8, 4) is 11.5 Å². The number of hydrogen-bond donors (Lipinski definition) is 3. The van der Waals surface area contributed by atoms with Gasteiger partial charge in [-0.25, -0.2) is 0 Å². The van der Waals surface area contributed by atoms with Gasteiger partial charge in [-0.2, -0.15) is 0 Å². The predicted octanol–water partition coefficient (Wildman–Crippen LogP) is 5.84. The lowest BCUT2D eigenvalue weighted by Gasteiger charge is -2.12. The number of nitrogens with one attached hydrogen (secondary N) is 3. The maximum atomic E-state index is 13.3. The van der Waals surface area contributed by atoms with Gasteiger partial charge in [-0.05, 0) is 78.4 Å². The molecule has 0 aliphatic rings. The van der Waals surface area contributed by atoms with Crippen LogP contribution in [0.4, 0.5) is 11.4 Å². The SMILES string of the molecule is COc1ccc(/C=C(/NC(=O)c2ccccc2)C(=O)Nc2cccc(SCC(=O)Nc3ccc(OC)cc3)c2)cc1. The fraction of sp³-hybridized carbons (Fsp3) is 0.0938. The molecule has 0 spiro atoms. The lowest BCUT2D eigenvalue weighted by atomic mass is 10.1. The summed E-state index contributed by atoms with van der Waals surface area (Å²) in [6, 6.07) is 30.0. The van der Waals surface area contributed by atoms with Gasteiger partial charge < -0.3 is 25.4 Å². The largest absolute Gasteiger partial charge is 0.497 e. The quantitative estimate of drug-likeness (QED) is 0.155.